The van der Waals surface area contributed by atoms with Gasteiger partial charge >= 0.3 is 5.97 Å². The van der Waals surface area contributed by atoms with Gasteiger partial charge in [-0.2, -0.15) is 0 Å². The maximum Gasteiger partial charge on any atom is 0.328 e. The number of aromatic nitrogens is 1. The predicted molar refractivity (Wildman–Crippen MR) is 59.3 cm³/mol. The molecule has 1 rings (SSSR count). The zero-order valence-corrected chi connectivity index (χ0v) is 10.4. The number of ether oxygens (including phenoxy) is 1. The number of carbonyl (C=O) groups is 2. The molecule has 0 saturated carbocycles. The topological polar surface area (TPSA) is 81.4 Å². The number of nitrogens with zero attached hydrogens (tertiary/aromatic N) is 1. The van der Waals surface area contributed by atoms with E-state index < -0.39 is 12.0 Å². The van der Waals surface area contributed by atoms with Gasteiger partial charge in [0.1, 0.15) is 11.8 Å². The quantitative estimate of drug-likeness (QED) is 0.775. The first kappa shape index (κ1) is 13.2. The number of amides is 1. The number of carbonyl (C=O) groups excluding carboxylic acids is 2. The lowest BCUT2D eigenvalue weighted by Gasteiger charge is -2.11. The van der Waals surface area contributed by atoms with Crippen molar-refractivity contribution >= 4 is 11.9 Å². The zero-order valence-electron chi connectivity index (χ0n) is 10.4. The first-order valence-corrected chi connectivity index (χ1v) is 5.24. The molecule has 0 aliphatic carbocycles. The summed E-state index contributed by atoms with van der Waals surface area (Å²) in [7, 11) is 1.28. The Labute approximate surface area is 99.3 Å². The van der Waals surface area contributed by atoms with Gasteiger partial charge in [0.2, 0.25) is 5.91 Å². The Hall–Kier alpha value is -1.85. The van der Waals surface area contributed by atoms with E-state index in [1.165, 1.54) is 7.11 Å². The third-order valence-electron chi connectivity index (χ3n) is 2.45. The van der Waals surface area contributed by atoms with E-state index in [2.05, 4.69) is 15.2 Å². The van der Waals surface area contributed by atoms with E-state index in [0.717, 1.165) is 5.56 Å². The van der Waals surface area contributed by atoms with Gasteiger partial charge in [-0.15, -0.1) is 0 Å². The fraction of sp³-hybridized carbons (Fsp3) is 0.545. The van der Waals surface area contributed by atoms with Gasteiger partial charge in [0.15, 0.2) is 0 Å². The predicted octanol–water partition coefficient (Wildman–Crippen LogP) is 0.512. The molecule has 0 saturated heterocycles. The molecule has 1 atom stereocenters. The first-order valence-electron chi connectivity index (χ1n) is 5.24. The summed E-state index contributed by atoms with van der Waals surface area (Å²) in [5.41, 5.74) is 1.43. The molecule has 0 fully saturated rings. The molecular weight excluding hydrogens is 224 g/mol. The van der Waals surface area contributed by atoms with Crippen LogP contribution in [0.2, 0.25) is 0 Å². The Kier molecular flexibility index (Phi) is 4.25. The summed E-state index contributed by atoms with van der Waals surface area (Å²) in [6.45, 7) is 5.08. The SMILES string of the molecule is COC(=O)C(C)NC(=O)Cc1c(C)noc1C. The standard InChI is InChI=1S/C11H16N2O4/c1-6-9(8(3)17-13-6)5-10(14)12-7(2)11(15)16-4/h7H,5H2,1-4H3,(H,12,14). The summed E-state index contributed by atoms with van der Waals surface area (Å²) >= 11 is 0. The smallest absolute Gasteiger partial charge is 0.328 e. The van der Waals surface area contributed by atoms with Gasteiger partial charge < -0.3 is 14.6 Å². The van der Waals surface area contributed by atoms with E-state index >= 15 is 0 Å². The third-order valence-corrected chi connectivity index (χ3v) is 2.45. The Bertz CT molecular complexity index is 406. The molecule has 0 bridgehead atoms. The van der Waals surface area contributed by atoms with Gasteiger partial charge in [-0.3, -0.25) is 4.79 Å². The molecule has 1 heterocycles. The van der Waals surface area contributed by atoms with Gasteiger partial charge in [0, 0.05) is 5.56 Å². The Morgan fingerprint density at radius 2 is 2.12 bits per heavy atom. The monoisotopic (exact) mass is 240 g/mol. The summed E-state index contributed by atoms with van der Waals surface area (Å²) in [4.78, 5) is 22.8. The molecular formula is C11H16N2O4. The van der Waals surface area contributed by atoms with Crippen molar-refractivity contribution in [3.63, 3.8) is 0 Å². The fourth-order valence-electron chi connectivity index (χ4n) is 1.44. The van der Waals surface area contributed by atoms with Crippen LogP contribution in [0.25, 0.3) is 0 Å². The van der Waals surface area contributed by atoms with Crippen molar-refractivity contribution in [2.75, 3.05) is 7.11 Å². The van der Waals surface area contributed by atoms with E-state index in [0.29, 0.717) is 11.5 Å². The second-order valence-electron chi connectivity index (χ2n) is 3.79. The van der Waals surface area contributed by atoms with Crippen LogP contribution in [0, 0.1) is 13.8 Å². The summed E-state index contributed by atoms with van der Waals surface area (Å²) in [6, 6.07) is -0.659. The van der Waals surface area contributed by atoms with Gasteiger partial charge in [0.05, 0.1) is 19.2 Å². The minimum absolute atomic E-state index is 0.141. The number of methoxy groups -OCH3 is 1. The Balaban J connectivity index is 2.59. The normalized spacial score (nSPS) is 12.0. The molecule has 17 heavy (non-hydrogen) atoms. The largest absolute Gasteiger partial charge is 0.467 e. The molecule has 0 radical (unpaired) electrons. The summed E-state index contributed by atoms with van der Waals surface area (Å²) in [5, 5.41) is 6.29. The van der Waals surface area contributed by atoms with Crippen molar-refractivity contribution in [1.29, 1.82) is 0 Å². The van der Waals surface area contributed by atoms with Gasteiger partial charge in [0.25, 0.3) is 0 Å². The minimum Gasteiger partial charge on any atom is -0.467 e. The van der Waals surface area contributed by atoms with Crippen molar-refractivity contribution in [1.82, 2.24) is 10.5 Å². The number of rotatable bonds is 4. The van der Waals surface area contributed by atoms with E-state index in [1.807, 2.05) is 0 Å². The lowest BCUT2D eigenvalue weighted by atomic mass is 10.1. The van der Waals surface area contributed by atoms with Crippen LogP contribution in [0.5, 0.6) is 0 Å². The van der Waals surface area contributed by atoms with Crippen molar-refractivity contribution < 1.29 is 18.8 Å². The maximum absolute atomic E-state index is 11.7. The highest BCUT2D eigenvalue weighted by Gasteiger charge is 2.18. The van der Waals surface area contributed by atoms with Crippen LogP contribution in [0.3, 0.4) is 0 Å². The molecule has 1 amide bonds. The van der Waals surface area contributed by atoms with Gasteiger partial charge in [-0.05, 0) is 20.8 Å². The molecule has 94 valence electrons. The van der Waals surface area contributed by atoms with Crippen molar-refractivity contribution in [3.8, 4) is 0 Å². The molecule has 1 unspecified atom stereocenters. The summed E-state index contributed by atoms with van der Waals surface area (Å²) in [5.74, 6) is -0.127. The van der Waals surface area contributed by atoms with Gasteiger partial charge in [-0.25, -0.2) is 4.79 Å². The van der Waals surface area contributed by atoms with Crippen LogP contribution in [-0.2, 0) is 20.7 Å². The molecule has 0 aromatic carbocycles. The highest BCUT2D eigenvalue weighted by Crippen LogP contribution is 2.12. The van der Waals surface area contributed by atoms with E-state index in [-0.39, 0.29) is 12.3 Å². The highest BCUT2D eigenvalue weighted by molar-refractivity contribution is 5.85. The Morgan fingerprint density at radius 3 is 2.59 bits per heavy atom. The van der Waals surface area contributed by atoms with Crippen LogP contribution < -0.4 is 5.32 Å². The number of aryl methyl sites for hydroxylation is 2. The molecule has 6 heteroatoms. The molecule has 1 aromatic rings. The summed E-state index contributed by atoms with van der Waals surface area (Å²) in [6.07, 6.45) is 0.141. The molecule has 0 aliphatic heterocycles. The fourth-order valence-corrected chi connectivity index (χ4v) is 1.44. The number of hydrogen-bond acceptors (Lipinski definition) is 5. The zero-order chi connectivity index (χ0) is 13.0. The van der Waals surface area contributed by atoms with Crippen LogP contribution in [0.15, 0.2) is 4.52 Å². The Morgan fingerprint density at radius 1 is 1.47 bits per heavy atom. The lowest BCUT2D eigenvalue weighted by Crippen LogP contribution is -2.40. The van der Waals surface area contributed by atoms with Crippen LogP contribution in [-0.4, -0.2) is 30.2 Å². The first-order chi connectivity index (χ1) is 7.95. The third kappa shape index (κ3) is 3.30. The average Bonchev–Trinajstić information content (AvgIpc) is 2.59. The highest BCUT2D eigenvalue weighted by atomic mass is 16.5. The average molecular weight is 240 g/mol. The minimum atomic E-state index is -0.659. The molecule has 0 spiro atoms. The molecule has 1 aromatic heterocycles. The second kappa shape index (κ2) is 5.47. The molecule has 6 nitrogen and oxygen atoms in total. The maximum atomic E-state index is 11.7. The second-order valence-corrected chi connectivity index (χ2v) is 3.79. The van der Waals surface area contributed by atoms with Crippen molar-refractivity contribution in [3.05, 3.63) is 17.0 Å². The summed E-state index contributed by atoms with van der Waals surface area (Å²) < 4.78 is 9.46. The number of hydrogen-bond donors (Lipinski definition) is 1. The number of esters is 1. The van der Waals surface area contributed by atoms with E-state index in [1.54, 1.807) is 20.8 Å². The van der Waals surface area contributed by atoms with E-state index in [4.69, 9.17) is 4.52 Å². The van der Waals surface area contributed by atoms with E-state index in [9.17, 15) is 9.59 Å². The van der Waals surface area contributed by atoms with Gasteiger partial charge in [-0.1, -0.05) is 5.16 Å². The lowest BCUT2D eigenvalue weighted by molar-refractivity contribution is -0.144. The van der Waals surface area contributed by atoms with Crippen molar-refractivity contribution in [2.45, 2.75) is 33.2 Å². The number of nitrogens with one attached hydrogen (secondary N) is 1. The van der Waals surface area contributed by atoms with Crippen LogP contribution >= 0.6 is 0 Å². The van der Waals surface area contributed by atoms with Crippen molar-refractivity contribution in [2.24, 2.45) is 0 Å². The molecule has 0 aliphatic rings. The molecule has 1 N–H and O–H groups in total. The van der Waals surface area contributed by atoms with Crippen LogP contribution in [0.4, 0.5) is 0 Å². The van der Waals surface area contributed by atoms with Crippen LogP contribution in [0.1, 0.15) is 23.9 Å².